The lowest BCUT2D eigenvalue weighted by molar-refractivity contribution is -0.305. The van der Waals surface area contributed by atoms with Crippen molar-refractivity contribution in [2.45, 2.75) is 58.0 Å². The van der Waals surface area contributed by atoms with Crippen molar-refractivity contribution in [2.24, 2.45) is 0 Å². The first-order valence-electron chi connectivity index (χ1n) is 15.6. The fourth-order valence-corrected chi connectivity index (χ4v) is 5.18. The lowest BCUT2D eigenvalue weighted by atomic mass is 10.2. The second-order valence-electron chi connectivity index (χ2n) is 9.65. The molecule has 260 valence electrons. The Morgan fingerprint density at radius 2 is 1.30 bits per heavy atom. The Balaban J connectivity index is 0.00000111. The third-order valence-electron chi connectivity index (χ3n) is 5.84. The van der Waals surface area contributed by atoms with Crippen LogP contribution in [0.2, 0.25) is 0 Å². The second kappa shape index (κ2) is 34.9. The maximum atomic E-state index is 11.3. The molecule has 1 fully saturated rings. The van der Waals surface area contributed by atoms with E-state index in [9.17, 15) is 19.5 Å². The zero-order valence-corrected chi connectivity index (χ0v) is 28.5. The zero-order chi connectivity index (χ0) is 32.4. The number of carbonyl (C=O) groups is 3. The minimum atomic E-state index is -0.983. The highest BCUT2D eigenvalue weighted by Crippen LogP contribution is 2.08. The molecule has 0 saturated carbocycles. The molecule has 0 aromatic heterocycles. The highest BCUT2D eigenvalue weighted by atomic mass is 32.2. The van der Waals surface area contributed by atoms with Crippen LogP contribution in [-0.2, 0) is 47.5 Å². The maximum Gasteiger partial charge on any atom is 0.229 e. The minimum absolute atomic E-state index is 0.0322. The van der Waals surface area contributed by atoms with E-state index in [1.165, 1.54) is 0 Å². The zero-order valence-electron chi connectivity index (χ0n) is 26.9. The van der Waals surface area contributed by atoms with Gasteiger partial charge in [-0.05, 0) is 43.6 Å². The number of amides is 1. The van der Waals surface area contributed by atoms with Crippen molar-refractivity contribution >= 4 is 41.2 Å². The lowest BCUT2D eigenvalue weighted by Gasteiger charge is -2.19. The molecule has 1 saturated heterocycles. The Bertz CT molecular complexity index is 659. The number of aliphatic carboxylic acids is 1. The van der Waals surface area contributed by atoms with E-state index >= 15 is 0 Å². The summed E-state index contributed by atoms with van der Waals surface area (Å²) in [6, 6.07) is 0. The Kier molecular flexibility index (Phi) is 34.1. The quantitative estimate of drug-likeness (QED) is 0.211. The van der Waals surface area contributed by atoms with Crippen LogP contribution in [0.15, 0.2) is 0 Å². The number of ether oxygens (including phenoxy) is 7. The summed E-state index contributed by atoms with van der Waals surface area (Å²) in [5, 5.41) is 12.6. The molecule has 1 amide bonds. The third kappa shape index (κ3) is 33.9. The Morgan fingerprint density at radius 3 is 1.86 bits per heavy atom. The Morgan fingerprint density at radius 1 is 0.750 bits per heavy atom. The third-order valence-corrected chi connectivity index (χ3v) is 7.99. The van der Waals surface area contributed by atoms with Crippen LogP contribution >= 0.6 is 23.5 Å². The number of carboxylic acids is 1. The number of Topliss-reactive ketones (excluding diaryl/α,β-unsaturated/α-hetero) is 1. The standard InChI is InChI=1S/C21H40O8S.C9H17NO3S/c1-2-20(22)19-30-16-4-3-5-27-17-21-18-28-13-12-25-9-8-23-6-7-24-10-11-26-14-15-29-21;1-10-8(11)7-14-6-4-2-3-5-9(12)13/h21H,2-19H2,1H3;2-7H2,1H3,(H,10,11)(H,12,13)/p-1. The maximum absolute atomic E-state index is 11.3. The molecule has 0 aromatic rings. The van der Waals surface area contributed by atoms with Gasteiger partial charge in [-0.2, -0.15) is 23.5 Å². The number of hydrogen-bond donors (Lipinski definition) is 1. The molecular formula is C30H56NO11S2-. The van der Waals surface area contributed by atoms with E-state index in [4.69, 9.17) is 33.2 Å². The van der Waals surface area contributed by atoms with Crippen molar-refractivity contribution in [3.05, 3.63) is 0 Å². The van der Waals surface area contributed by atoms with Gasteiger partial charge in [0.15, 0.2) is 0 Å². The van der Waals surface area contributed by atoms with Gasteiger partial charge in [0.1, 0.15) is 11.9 Å². The summed E-state index contributed by atoms with van der Waals surface area (Å²) in [7, 11) is 1.61. The molecule has 1 aliphatic rings. The van der Waals surface area contributed by atoms with Crippen molar-refractivity contribution in [2.75, 3.05) is 116 Å². The number of nitrogens with one attached hydrogen (secondary N) is 1. The fraction of sp³-hybridized carbons (Fsp3) is 0.900. The van der Waals surface area contributed by atoms with E-state index in [0.717, 1.165) is 37.2 Å². The van der Waals surface area contributed by atoms with Crippen molar-refractivity contribution in [1.29, 1.82) is 0 Å². The SMILES string of the molecule is CCC(=O)CSCCCCOCC1COCCOCCOCCOCCOCCO1.CNC(=O)CSCCCCCC(=O)[O-]. The number of ketones is 1. The fourth-order valence-electron chi connectivity index (χ4n) is 3.31. The number of carbonyl (C=O) groups excluding carboxylic acids is 3. The normalized spacial score (nSPS) is 17.8. The second-order valence-corrected chi connectivity index (χ2v) is 11.9. The van der Waals surface area contributed by atoms with Gasteiger partial charge in [-0.25, -0.2) is 0 Å². The van der Waals surface area contributed by atoms with Gasteiger partial charge >= 0.3 is 0 Å². The molecule has 1 heterocycles. The smallest absolute Gasteiger partial charge is 0.229 e. The van der Waals surface area contributed by atoms with E-state index in [0.29, 0.717) is 116 Å². The van der Waals surface area contributed by atoms with E-state index < -0.39 is 5.97 Å². The first-order valence-corrected chi connectivity index (χ1v) is 18.0. The predicted molar refractivity (Wildman–Crippen MR) is 171 cm³/mol. The molecule has 12 nitrogen and oxygen atoms in total. The number of rotatable bonds is 18. The molecule has 0 radical (unpaired) electrons. The minimum Gasteiger partial charge on any atom is -0.550 e. The van der Waals surface area contributed by atoms with E-state index in [1.807, 2.05) is 6.92 Å². The average Bonchev–Trinajstić information content (AvgIpc) is 3.02. The van der Waals surface area contributed by atoms with Gasteiger partial charge in [-0.3, -0.25) is 9.59 Å². The van der Waals surface area contributed by atoms with Crippen LogP contribution in [0.25, 0.3) is 0 Å². The van der Waals surface area contributed by atoms with Crippen LogP contribution in [0.5, 0.6) is 0 Å². The van der Waals surface area contributed by atoms with E-state index in [1.54, 1.807) is 30.6 Å². The van der Waals surface area contributed by atoms with E-state index in [2.05, 4.69) is 5.32 Å². The molecule has 0 spiro atoms. The van der Waals surface area contributed by atoms with Crippen LogP contribution in [0.3, 0.4) is 0 Å². The monoisotopic (exact) mass is 670 g/mol. The summed E-state index contributed by atoms with van der Waals surface area (Å²) in [5.74, 6) is 2.36. The number of unbranched alkanes of at least 4 members (excludes halogenated alkanes) is 3. The Hall–Kier alpha value is -0.970. The number of carboxylic acid groups (broad SMARTS) is 1. The van der Waals surface area contributed by atoms with Crippen molar-refractivity contribution < 1.29 is 52.6 Å². The van der Waals surface area contributed by atoms with Crippen molar-refractivity contribution in [3.63, 3.8) is 0 Å². The van der Waals surface area contributed by atoms with Gasteiger partial charge in [0, 0.05) is 26.0 Å². The van der Waals surface area contributed by atoms with E-state index in [-0.39, 0.29) is 18.4 Å². The molecular weight excluding hydrogens is 614 g/mol. The van der Waals surface area contributed by atoms with Crippen LogP contribution in [0.4, 0.5) is 0 Å². The molecule has 14 heteroatoms. The molecule has 44 heavy (non-hydrogen) atoms. The first kappa shape index (κ1) is 43.0. The molecule has 0 bridgehead atoms. The van der Waals surface area contributed by atoms with Gasteiger partial charge in [0.2, 0.25) is 5.91 Å². The van der Waals surface area contributed by atoms with Crippen LogP contribution in [-0.4, -0.2) is 140 Å². The summed E-state index contributed by atoms with van der Waals surface area (Å²) in [4.78, 5) is 32.1. The van der Waals surface area contributed by atoms with Crippen molar-refractivity contribution in [3.8, 4) is 0 Å². The van der Waals surface area contributed by atoms with Crippen molar-refractivity contribution in [1.82, 2.24) is 5.32 Å². The summed E-state index contributed by atoms with van der Waals surface area (Å²) in [5.41, 5.74) is 0. The van der Waals surface area contributed by atoms with Gasteiger partial charge in [-0.15, -0.1) is 0 Å². The molecule has 1 N–H and O–H groups in total. The summed E-state index contributed by atoms with van der Waals surface area (Å²) in [6.45, 7) is 8.83. The van der Waals surface area contributed by atoms with Gasteiger partial charge in [0.05, 0.1) is 90.8 Å². The molecule has 1 atom stereocenters. The molecule has 1 unspecified atom stereocenters. The van der Waals surface area contributed by atoms with Gasteiger partial charge in [0.25, 0.3) is 0 Å². The van der Waals surface area contributed by atoms with Crippen LogP contribution in [0, 0.1) is 0 Å². The molecule has 0 aromatic carbocycles. The first-order chi connectivity index (χ1) is 21.5. The van der Waals surface area contributed by atoms with Gasteiger partial charge in [-0.1, -0.05) is 13.3 Å². The lowest BCUT2D eigenvalue weighted by Crippen LogP contribution is -2.28. The highest BCUT2D eigenvalue weighted by Gasteiger charge is 2.10. The molecule has 1 aliphatic heterocycles. The average molecular weight is 671 g/mol. The highest BCUT2D eigenvalue weighted by molar-refractivity contribution is 8.00. The van der Waals surface area contributed by atoms with Crippen LogP contribution < -0.4 is 10.4 Å². The Labute approximate surface area is 272 Å². The number of hydrogen-bond acceptors (Lipinski definition) is 13. The van der Waals surface area contributed by atoms with Crippen LogP contribution in [0.1, 0.15) is 51.9 Å². The van der Waals surface area contributed by atoms with Gasteiger partial charge < -0.3 is 48.4 Å². The largest absolute Gasteiger partial charge is 0.550 e. The predicted octanol–water partition coefficient (Wildman–Crippen LogP) is 1.75. The summed E-state index contributed by atoms with van der Waals surface area (Å²) in [6.07, 6.45) is 5.15. The molecule has 1 rings (SSSR count). The summed E-state index contributed by atoms with van der Waals surface area (Å²) < 4.78 is 39.1. The topological polar surface area (TPSA) is 151 Å². The number of thioether (sulfide) groups is 2. The molecule has 0 aliphatic carbocycles. The summed E-state index contributed by atoms with van der Waals surface area (Å²) >= 11 is 3.27.